The Morgan fingerprint density at radius 3 is 2.44 bits per heavy atom. The molecule has 0 aliphatic heterocycles. The topological polar surface area (TPSA) is 52.3 Å². The lowest BCUT2D eigenvalue weighted by Gasteiger charge is -2.10. The van der Waals surface area contributed by atoms with Crippen molar-refractivity contribution in [1.82, 2.24) is 0 Å². The van der Waals surface area contributed by atoms with Gasteiger partial charge in [-0.3, -0.25) is 0 Å². The highest BCUT2D eigenvalue weighted by Crippen LogP contribution is 2.23. The molecule has 18 heavy (non-hydrogen) atoms. The highest BCUT2D eigenvalue weighted by Gasteiger charge is 2.07. The molecule has 0 fully saturated rings. The molecular weight excluding hydrogens is 226 g/mol. The van der Waals surface area contributed by atoms with Gasteiger partial charge in [0.05, 0.1) is 0 Å². The number of aryl methyl sites for hydroxylation is 2. The zero-order valence-electron chi connectivity index (χ0n) is 11.4. The molecule has 2 N–H and O–H groups in total. The highest BCUT2D eigenvalue weighted by atomic mass is 16.5. The van der Waals surface area contributed by atoms with E-state index in [1.165, 1.54) is 18.4 Å². The number of hydrogen-bond acceptors (Lipinski definition) is 2. The normalized spacial score (nSPS) is 10.3. The molecule has 0 spiro atoms. The molecule has 0 heterocycles. The smallest absolute Gasteiger partial charge is 0.409 e. The Labute approximate surface area is 109 Å². The van der Waals surface area contributed by atoms with Gasteiger partial charge in [-0.25, -0.2) is 4.79 Å². The van der Waals surface area contributed by atoms with Crippen LogP contribution in [0.2, 0.25) is 0 Å². The van der Waals surface area contributed by atoms with Crippen LogP contribution in [0.1, 0.15) is 50.7 Å². The molecule has 0 aromatic heterocycles. The Morgan fingerprint density at radius 1 is 1.17 bits per heavy atom. The second-order valence-electron chi connectivity index (χ2n) is 4.57. The van der Waals surface area contributed by atoms with Crippen molar-refractivity contribution in [2.45, 2.75) is 52.4 Å². The first-order valence-electron chi connectivity index (χ1n) is 6.76. The van der Waals surface area contributed by atoms with Gasteiger partial charge in [0.2, 0.25) is 0 Å². The number of rotatable bonds is 7. The van der Waals surface area contributed by atoms with Gasteiger partial charge < -0.3 is 10.5 Å². The average Bonchev–Trinajstić information content (AvgIpc) is 2.35. The lowest BCUT2D eigenvalue weighted by atomic mass is 10.0. The summed E-state index contributed by atoms with van der Waals surface area (Å²) in [6.45, 7) is 4.33. The van der Waals surface area contributed by atoms with E-state index in [2.05, 4.69) is 19.9 Å². The van der Waals surface area contributed by atoms with E-state index < -0.39 is 6.09 Å². The maximum Gasteiger partial charge on any atom is 0.409 e. The third kappa shape index (κ3) is 4.78. The minimum atomic E-state index is -0.742. The van der Waals surface area contributed by atoms with E-state index in [-0.39, 0.29) is 0 Å². The Bertz CT molecular complexity index is 388. The van der Waals surface area contributed by atoms with Crippen LogP contribution < -0.4 is 10.5 Å². The van der Waals surface area contributed by atoms with E-state index in [1.54, 1.807) is 0 Å². The monoisotopic (exact) mass is 249 g/mol. The van der Waals surface area contributed by atoms with Crippen LogP contribution in [0, 0.1) is 0 Å². The molecule has 0 radical (unpaired) electrons. The van der Waals surface area contributed by atoms with Crippen molar-refractivity contribution < 1.29 is 9.53 Å². The minimum Gasteiger partial charge on any atom is -0.410 e. The van der Waals surface area contributed by atoms with Crippen molar-refractivity contribution in [1.29, 1.82) is 0 Å². The maximum absolute atomic E-state index is 10.9. The number of benzene rings is 1. The van der Waals surface area contributed by atoms with Crippen LogP contribution in [0.5, 0.6) is 5.75 Å². The van der Waals surface area contributed by atoms with Gasteiger partial charge >= 0.3 is 6.09 Å². The summed E-state index contributed by atoms with van der Waals surface area (Å²) in [6, 6.07) is 6.02. The van der Waals surface area contributed by atoms with Gasteiger partial charge in [-0.15, -0.1) is 0 Å². The van der Waals surface area contributed by atoms with Crippen LogP contribution in [0.4, 0.5) is 4.79 Å². The van der Waals surface area contributed by atoms with Crippen LogP contribution in [-0.2, 0) is 12.8 Å². The molecule has 1 aromatic rings. The molecule has 0 saturated heterocycles. The Morgan fingerprint density at radius 2 is 1.83 bits per heavy atom. The molecule has 1 amide bonds. The molecule has 1 aromatic carbocycles. The molecule has 3 heteroatoms. The van der Waals surface area contributed by atoms with Crippen molar-refractivity contribution in [3.05, 3.63) is 29.3 Å². The van der Waals surface area contributed by atoms with Crippen LogP contribution >= 0.6 is 0 Å². The molecule has 0 aliphatic carbocycles. The first-order valence-corrected chi connectivity index (χ1v) is 6.76. The van der Waals surface area contributed by atoms with Crippen molar-refractivity contribution in [3.63, 3.8) is 0 Å². The first-order chi connectivity index (χ1) is 8.67. The van der Waals surface area contributed by atoms with Gasteiger partial charge in [0.1, 0.15) is 5.75 Å². The van der Waals surface area contributed by atoms with Gasteiger partial charge in [0.15, 0.2) is 0 Å². The standard InChI is InChI=1S/C15H23NO2/c1-3-5-7-12-9-10-14(18-15(16)17)13(11-12)8-6-4-2/h9-11H,3-8H2,1-2H3,(H2,16,17). The van der Waals surface area contributed by atoms with E-state index in [4.69, 9.17) is 10.5 Å². The van der Waals surface area contributed by atoms with Crippen molar-refractivity contribution in [2.75, 3.05) is 0 Å². The Kier molecular flexibility index (Phi) is 6.26. The van der Waals surface area contributed by atoms with E-state index >= 15 is 0 Å². The van der Waals surface area contributed by atoms with E-state index in [0.717, 1.165) is 31.2 Å². The molecule has 0 atom stereocenters. The van der Waals surface area contributed by atoms with Gasteiger partial charge in [-0.1, -0.05) is 38.8 Å². The molecule has 100 valence electrons. The summed E-state index contributed by atoms with van der Waals surface area (Å²) < 4.78 is 5.04. The highest BCUT2D eigenvalue weighted by molar-refractivity contribution is 5.68. The fraction of sp³-hybridized carbons (Fsp3) is 0.533. The number of carbonyl (C=O) groups is 1. The number of hydrogen-bond donors (Lipinski definition) is 1. The van der Waals surface area contributed by atoms with Gasteiger partial charge in [-0.2, -0.15) is 0 Å². The predicted molar refractivity (Wildman–Crippen MR) is 73.9 cm³/mol. The van der Waals surface area contributed by atoms with Crippen LogP contribution in [0.25, 0.3) is 0 Å². The first kappa shape index (κ1) is 14.6. The number of amides is 1. The van der Waals surface area contributed by atoms with Crippen LogP contribution in [0.15, 0.2) is 18.2 Å². The van der Waals surface area contributed by atoms with E-state index in [1.807, 2.05) is 12.1 Å². The van der Waals surface area contributed by atoms with Crippen LogP contribution in [-0.4, -0.2) is 6.09 Å². The molecule has 0 unspecified atom stereocenters. The largest absolute Gasteiger partial charge is 0.410 e. The summed E-state index contributed by atoms with van der Waals surface area (Å²) in [6.07, 6.45) is 5.84. The summed E-state index contributed by atoms with van der Waals surface area (Å²) in [4.78, 5) is 10.9. The minimum absolute atomic E-state index is 0.608. The lowest BCUT2D eigenvalue weighted by Crippen LogP contribution is -2.17. The van der Waals surface area contributed by atoms with Crippen molar-refractivity contribution in [2.24, 2.45) is 5.73 Å². The molecule has 0 saturated carbocycles. The summed E-state index contributed by atoms with van der Waals surface area (Å²) >= 11 is 0. The molecule has 0 aliphatic rings. The maximum atomic E-state index is 10.9. The van der Waals surface area contributed by atoms with Gasteiger partial charge in [-0.05, 0) is 42.9 Å². The zero-order valence-corrected chi connectivity index (χ0v) is 11.4. The number of nitrogens with two attached hydrogens (primary N) is 1. The molecule has 3 nitrogen and oxygen atoms in total. The second-order valence-corrected chi connectivity index (χ2v) is 4.57. The van der Waals surface area contributed by atoms with E-state index in [9.17, 15) is 4.79 Å². The summed E-state index contributed by atoms with van der Waals surface area (Å²) in [5.74, 6) is 0.608. The number of primary amides is 1. The molecular formula is C15H23NO2. The number of unbranched alkanes of at least 4 members (excludes halogenated alkanes) is 2. The Balaban J connectivity index is 2.84. The average molecular weight is 249 g/mol. The predicted octanol–water partition coefficient (Wildman–Crippen LogP) is 3.83. The van der Waals surface area contributed by atoms with Crippen molar-refractivity contribution in [3.8, 4) is 5.75 Å². The number of ether oxygens (including phenoxy) is 1. The third-order valence-electron chi connectivity index (χ3n) is 2.95. The van der Waals surface area contributed by atoms with Crippen LogP contribution in [0.3, 0.4) is 0 Å². The third-order valence-corrected chi connectivity index (χ3v) is 2.95. The second kappa shape index (κ2) is 7.75. The van der Waals surface area contributed by atoms with Gasteiger partial charge in [0, 0.05) is 0 Å². The molecule has 1 rings (SSSR count). The quantitative estimate of drug-likeness (QED) is 0.798. The molecule has 0 bridgehead atoms. The lowest BCUT2D eigenvalue weighted by molar-refractivity contribution is 0.210. The van der Waals surface area contributed by atoms with Crippen molar-refractivity contribution >= 4 is 6.09 Å². The zero-order chi connectivity index (χ0) is 13.4. The summed E-state index contributed by atoms with van der Waals surface area (Å²) in [5.41, 5.74) is 7.47. The number of carbonyl (C=O) groups excluding carboxylic acids is 1. The summed E-state index contributed by atoms with van der Waals surface area (Å²) in [5, 5.41) is 0. The fourth-order valence-electron chi connectivity index (χ4n) is 1.94. The summed E-state index contributed by atoms with van der Waals surface area (Å²) in [7, 11) is 0. The van der Waals surface area contributed by atoms with E-state index in [0.29, 0.717) is 5.75 Å². The van der Waals surface area contributed by atoms with Gasteiger partial charge in [0.25, 0.3) is 0 Å². The SMILES string of the molecule is CCCCc1ccc(OC(N)=O)c(CCCC)c1. The fourth-order valence-corrected chi connectivity index (χ4v) is 1.94. The Hall–Kier alpha value is -1.51.